The van der Waals surface area contributed by atoms with E-state index >= 15 is 0 Å². The van der Waals surface area contributed by atoms with Crippen LogP contribution in [0.2, 0.25) is 0 Å². The quantitative estimate of drug-likeness (QED) is 0.689. The zero-order chi connectivity index (χ0) is 14.7. The summed E-state index contributed by atoms with van der Waals surface area (Å²) in [6, 6.07) is 7.87. The van der Waals surface area contributed by atoms with E-state index in [1.807, 2.05) is 12.1 Å². The van der Waals surface area contributed by atoms with Crippen LogP contribution in [0.25, 0.3) is 0 Å². The molecule has 2 aliphatic rings. The lowest BCUT2D eigenvalue weighted by Crippen LogP contribution is -2.25. The molecule has 1 aromatic carbocycles. The first kappa shape index (κ1) is 15.0. The van der Waals surface area contributed by atoms with Gasteiger partial charge in [-0.2, -0.15) is 0 Å². The second-order valence-corrected chi connectivity index (χ2v) is 8.05. The predicted molar refractivity (Wildman–Crippen MR) is 83.5 cm³/mol. The Hall–Kier alpha value is -0.910. The first-order chi connectivity index (χ1) is 10.1. The molecule has 0 bridgehead atoms. The largest absolute Gasteiger partial charge is 0.310 e. The third-order valence-corrected chi connectivity index (χ3v) is 5.66. The number of hydrogen-bond donors (Lipinski definition) is 2. The Labute approximate surface area is 127 Å². The highest BCUT2D eigenvalue weighted by molar-refractivity contribution is 7.89. The van der Waals surface area contributed by atoms with Crippen molar-refractivity contribution < 1.29 is 8.42 Å². The normalized spacial score (nSPS) is 18.9. The molecule has 4 nitrogen and oxygen atoms in total. The Morgan fingerprint density at radius 3 is 2.38 bits per heavy atom. The number of nitrogens with one attached hydrogen (secondary N) is 2. The van der Waals surface area contributed by atoms with Crippen LogP contribution in [0.3, 0.4) is 0 Å². The van der Waals surface area contributed by atoms with Gasteiger partial charge in [0.2, 0.25) is 10.0 Å². The molecule has 1 aromatic rings. The Morgan fingerprint density at radius 1 is 1.05 bits per heavy atom. The fourth-order valence-corrected chi connectivity index (χ4v) is 3.50. The minimum atomic E-state index is -3.34. The lowest BCUT2D eigenvalue weighted by atomic mass is 10.2. The number of rotatable bonds is 9. The van der Waals surface area contributed by atoms with Gasteiger partial charge in [-0.3, -0.25) is 0 Å². The van der Waals surface area contributed by atoms with E-state index in [1.54, 1.807) is 12.1 Å². The van der Waals surface area contributed by atoms with Crippen LogP contribution >= 0.6 is 0 Å². The predicted octanol–water partition coefficient (Wildman–Crippen LogP) is 2.41. The van der Waals surface area contributed by atoms with Crippen LogP contribution in [-0.2, 0) is 16.6 Å². The average molecular weight is 308 g/mol. The number of benzene rings is 1. The van der Waals surface area contributed by atoms with Crippen LogP contribution in [0.1, 0.15) is 44.1 Å². The molecule has 0 atom stereocenters. The standard InChI is InChI=1S/C16H24N2O2S/c19-21(20,18-11-1-2-13-3-4-13)16-9-5-14(6-10-16)12-17-15-7-8-15/h5-6,9-10,13,15,17-18H,1-4,7-8,11-12H2. The van der Waals surface area contributed by atoms with Gasteiger partial charge in [-0.15, -0.1) is 0 Å². The zero-order valence-corrected chi connectivity index (χ0v) is 13.2. The van der Waals surface area contributed by atoms with Crippen LogP contribution in [0.5, 0.6) is 0 Å². The van der Waals surface area contributed by atoms with E-state index in [9.17, 15) is 8.42 Å². The van der Waals surface area contributed by atoms with Crippen LogP contribution in [0, 0.1) is 5.92 Å². The van der Waals surface area contributed by atoms with E-state index in [0.29, 0.717) is 17.5 Å². The van der Waals surface area contributed by atoms with Gasteiger partial charge in [0.1, 0.15) is 0 Å². The zero-order valence-electron chi connectivity index (χ0n) is 12.3. The lowest BCUT2D eigenvalue weighted by Gasteiger charge is -2.08. The second-order valence-electron chi connectivity index (χ2n) is 6.28. The van der Waals surface area contributed by atoms with Gasteiger partial charge in [0, 0.05) is 19.1 Å². The summed E-state index contributed by atoms with van der Waals surface area (Å²) in [4.78, 5) is 0.365. The van der Waals surface area contributed by atoms with E-state index in [0.717, 1.165) is 30.9 Å². The molecule has 5 heteroatoms. The van der Waals surface area contributed by atoms with Gasteiger partial charge in [0.25, 0.3) is 0 Å². The summed E-state index contributed by atoms with van der Waals surface area (Å²) in [6.45, 7) is 1.36. The molecular weight excluding hydrogens is 284 g/mol. The third-order valence-electron chi connectivity index (χ3n) is 4.18. The molecule has 116 valence electrons. The van der Waals surface area contributed by atoms with Crippen molar-refractivity contribution in [3.05, 3.63) is 29.8 Å². The van der Waals surface area contributed by atoms with Gasteiger partial charge in [0.05, 0.1) is 4.90 Å². The van der Waals surface area contributed by atoms with Crippen LogP contribution in [0.15, 0.2) is 29.2 Å². The molecule has 0 aliphatic heterocycles. The molecule has 3 rings (SSSR count). The summed E-state index contributed by atoms with van der Waals surface area (Å²) in [5, 5.41) is 3.42. The van der Waals surface area contributed by atoms with Crippen molar-refractivity contribution in [3.63, 3.8) is 0 Å². The minimum absolute atomic E-state index is 0.365. The first-order valence-electron chi connectivity index (χ1n) is 7.95. The van der Waals surface area contributed by atoms with Crippen LogP contribution in [0.4, 0.5) is 0 Å². The molecule has 2 aliphatic carbocycles. The van der Waals surface area contributed by atoms with Gasteiger partial charge in [-0.1, -0.05) is 25.0 Å². The summed E-state index contributed by atoms with van der Waals surface area (Å²) in [5.41, 5.74) is 1.13. The molecule has 2 saturated carbocycles. The summed E-state index contributed by atoms with van der Waals surface area (Å²) < 4.78 is 27.0. The molecule has 21 heavy (non-hydrogen) atoms. The average Bonchev–Trinajstić information content (AvgIpc) is 3.37. The maximum absolute atomic E-state index is 12.2. The second kappa shape index (κ2) is 6.46. The lowest BCUT2D eigenvalue weighted by molar-refractivity contribution is 0.572. The van der Waals surface area contributed by atoms with Crippen LogP contribution < -0.4 is 10.0 Å². The van der Waals surface area contributed by atoms with Crippen molar-refractivity contribution in [3.8, 4) is 0 Å². The monoisotopic (exact) mass is 308 g/mol. The minimum Gasteiger partial charge on any atom is -0.310 e. The summed E-state index contributed by atoms with van der Waals surface area (Å²) >= 11 is 0. The maximum Gasteiger partial charge on any atom is 0.240 e. The molecule has 0 saturated heterocycles. The van der Waals surface area contributed by atoms with Gasteiger partial charge in [0.15, 0.2) is 0 Å². The Morgan fingerprint density at radius 2 is 1.76 bits per heavy atom. The molecule has 0 aromatic heterocycles. The smallest absolute Gasteiger partial charge is 0.240 e. The van der Waals surface area contributed by atoms with Gasteiger partial charge in [-0.05, 0) is 49.3 Å². The molecule has 0 amide bonds. The van der Waals surface area contributed by atoms with Crippen molar-refractivity contribution in [1.29, 1.82) is 0 Å². The third kappa shape index (κ3) is 4.80. The highest BCUT2D eigenvalue weighted by Crippen LogP contribution is 2.33. The van der Waals surface area contributed by atoms with E-state index in [-0.39, 0.29) is 0 Å². The summed E-state index contributed by atoms with van der Waals surface area (Å²) in [5.74, 6) is 0.854. The number of hydrogen-bond acceptors (Lipinski definition) is 3. The number of sulfonamides is 1. The highest BCUT2D eigenvalue weighted by Gasteiger charge is 2.21. The fourth-order valence-electron chi connectivity index (χ4n) is 2.42. The van der Waals surface area contributed by atoms with Crippen molar-refractivity contribution in [2.24, 2.45) is 5.92 Å². The van der Waals surface area contributed by atoms with Gasteiger partial charge >= 0.3 is 0 Å². The Balaban J connectivity index is 1.48. The van der Waals surface area contributed by atoms with Gasteiger partial charge < -0.3 is 5.32 Å². The highest BCUT2D eigenvalue weighted by atomic mass is 32.2. The SMILES string of the molecule is O=S(=O)(NCCCC1CC1)c1ccc(CNC2CC2)cc1. The molecular formula is C16H24N2O2S. The van der Waals surface area contributed by atoms with E-state index in [2.05, 4.69) is 10.0 Å². The Bertz CT molecular complexity index is 560. The van der Waals surface area contributed by atoms with Crippen molar-refractivity contribution in [1.82, 2.24) is 10.0 Å². The maximum atomic E-state index is 12.2. The van der Waals surface area contributed by atoms with Crippen molar-refractivity contribution in [2.75, 3.05) is 6.54 Å². The molecule has 0 spiro atoms. The summed E-state index contributed by atoms with van der Waals surface area (Å²) in [6.07, 6.45) is 7.25. The molecule has 2 N–H and O–H groups in total. The molecule has 2 fully saturated rings. The first-order valence-corrected chi connectivity index (χ1v) is 9.44. The van der Waals surface area contributed by atoms with Crippen molar-refractivity contribution >= 4 is 10.0 Å². The summed E-state index contributed by atoms with van der Waals surface area (Å²) in [7, 11) is -3.34. The van der Waals surface area contributed by atoms with Crippen LogP contribution in [-0.4, -0.2) is 21.0 Å². The van der Waals surface area contributed by atoms with Crippen molar-refractivity contribution in [2.45, 2.75) is 56.0 Å². The Kier molecular flexibility index (Phi) is 4.62. The fraction of sp³-hybridized carbons (Fsp3) is 0.625. The molecule has 0 heterocycles. The molecule has 0 unspecified atom stereocenters. The van der Waals surface area contributed by atoms with E-state index in [4.69, 9.17) is 0 Å². The van der Waals surface area contributed by atoms with E-state index in [1.165, 1.54) is 25.7 Å². The molecule has 0 radical (unpaired) electrons. The van der Waals surface area contributed by atoms with E-state index < -0.39 is 10.0 Å². The van der Waals surface area contributed by atoms with Gasteiger partial charge in [-0.25, -0.2) is 13.1 Å². The topological polar surface area (TPSA) is 58.2 Å².